The average Bonchev–Trinajstić information content (AvgIpc) is 3.59. The van der Waals surface area contributed by atoms with Crippen molar-refractivity contribution >= 4 is 29.6 Å². The van der Waals surface area contributed by atoms with Gasteiger partial charge in [-0.15, -0.1) is 0 Å². The van der Waals surface area contributed by atoms with Gasteiger partial charge in [0, 0.05) is 52.1 Å². The molecule has 2 heterocycles. The molecule has 3 rings (SSSR count). The maximum absolute atomic E-state index is 11.7. The summed E-state index contributed by atoms with van der Waals surface area (Å²) in [6.07, 6.45) is 7.21. The summed E-state index contributed by atoms with van der Waals surface area (Å²) >= 11 is 0. The van der Waals surface area contributed by atoms with Crippen molar-refractivity contribution in [2.45, 2.75) is 71.8 Å². The topological polar surface area (TPSA) is 85.0 Å². The minimum absolute atomic E-state index is 0.212. The molecule has 1 atom stereocenters. The van der Waals surface area contributed by atoms with E-state index in [9.17, 15) is 14.4 Å². The first-order chi connectivity index (χ1) is 17.0. The number of carbonyl (C=O) groups excluding carboxylic acids is 3. The van der Waals surface area contributed by atoms with E-state index in [0.717, 1.165) is 76.1 Å². The van der Waals surface area contributed by atoms with Crippen molar-refractivity contribution in [3.63, 3.8) is 0 Å². The molecule has 1 unspecified atom stereocenters. The molecule has 0 aromatic heterocycles. The van der Waals surface area contributed by atoms with Gasteiger partial charge in [0.25, 0.3) is 0 Å². The van der Waals surface area contributed by atoms with Crippen molar-refractivity contribution in [2.24, 2.45) is 0 Å². The van der Waals surface area contributed by atoms with E-state index >= 15 is 0 Å². The van der Waals surface area contributed by atoms with E-state index in [1.807, 2.05) is 66.9 Å². The number of nitrogens with zero attached hydrogens (tertiary/aromatic N) is 3. The number of para-hydroxylation sites is 2. The van der Waals surface area contributed by atoms with Gasteiger partial charge in [0.1, 0.15) is 0 Å². The summed E-state index contributed by atoms with van der Waals surface area (Å²) in [5, 5.41) is 6.26. The maximum Gasteiger partial charge on any atom is 0.224 e. The summed E-state index contributed by atoms with van der Waals surface area (Å²) in [5.74, 6) is 0.427. The molecule has 0 aliphatic carbocycles. The highest BCUT2D eigenvalue weighted by molar-refractivity contribution is 5.84. The van der Waals surface area contributed by atoms with E-state index in [4.69, 9.17) is 0 Å². The van der Waals surface area contributed by atoms with E-state index in [1.54, 1.807) is 0 Å². The second-order valence-electron chi connectivity index (χ2n) is 8.56. The molecular formula is C27H47N5O3. The SMILES string of the molecule is CC.CCC(CCNC)N(C=O)c1ccccc1NC.O=C(CCN1CCCC1=O)N1CCCC1. The summed E-state index contributed by atoms with van der Waals surface area (Å²) in [7, 11) is 3.80. The Balaban J connectivity index is 0.000000331. The first-order valence-electron chi connectivity index (χ1n) is 13.3. The fourth-order valence-corrected chi connectivity index (χ4v) is 4.40. The Morgan fingerprint density at radius 2 is 1.80 bits per heavy atom. The normalized spacial score (nSPS) is 15.5. The third-order valence-corrected chi connectivity index (χ3v) is 6.38. The Labute approximate surface area is 212 Å². The summed E-state index contributed by atoms with van der Waals surface area (Å²) in [4.78, 5) is 40.0. The Morgan fingerprint density at radius 3 is 2.34 bits per heavy atom. The van der Waals surface area contributed by atoms with Crippen molar-refractivity contribution in [3.05, 3.63) is 24.3 Å². The van der Waals surface area contributed by atoms with Crippen LogP contribution >= 0.6 is 0 Å². The summed E-state index contributed by atoms with van der Waals surface area (Å²) in [6, 6.07) is 8.10. The van der Waals surface area contributed by atoms with Crippen molar-refractivity contribution in [2.75, 3.05) is 57.0 Å². The standard InChI is InChI=1S/C14H23N3O.C11H18N2O2.C2H6/c1-4-12(9-10-15-2)17(11-18)14-8-6-5-7-13(14)16-3;14-10-4-3-8-13(10)9-5-11(15)12-6-1-2-7-12;1-2/h5-8,11-12,15-16H,4,9-10H2,1-3H3;1-9H2;1-2H3. The van der Waals surface area contributed by atoms with Gasteiger partial charge in [0.2, 0.25) is 18.2 Å². The van der Waals surface area contributed by atoms with Gasteiger partial charge in [-0.2, -0.15) is 0 Å². The van der Waals surface area contributed by atoms with Crippen LogP contribution in [0.25, 0.3) is 0 Å². The molecule has 0 bridgehead atoms. The molecule has 3 amide bonds. The number of hydrogen-bond acceptors (Lipinski definition) is 5. The van der Waals surface area contributed by atoms with E-state index < -0.39 is 0 Å². The number of nitrogens with one attached hydrogen (secondary N) is 2. The van der Waals surface area contributed by atoms with Crippen LogP contribution < -0.4 is 15.5 Å². The van der Waals surface area contributed by atoms with Crippen LogP contribution in [0.15, 0.2) is 24.3 Å². The van der Waals surface area contributed by atoms with Crippen LogP contribution in [0.5, 0.6) is 0 Å². The monoisotopic (exact) mass is 489 g/mol. The summed E-state index contributed by atoms with van der Waals surface area (Å²) in [5.41, 5.74) is 1.92. The quantitative estimate of drug-likeness (QED) is 0.463. The van der Waals surface area contributed by atoms with Gasteiger partial charge in [-0.25, -0.2) is 0 Å². The van der Waals surface area contributed by atoms with E-state index in [-0.39, 0.29) is 17.9 Å². The fourth-order valence-electron chi connectivity index (χ4n) is 4.40. The van der Waals surface area contributed by atoms with Gasteiger partial charge in [0.05, 0.1) is 11.4 Å². The molecular weight excluding hydrogens is 442 g/mol. The first-order valence-corrected chi connectivity index (χ1v) is 13.3. The van der Waals surface area contributed by atoms with Gasteiger partial charge < -0.3 is 25.3 Å². The number of anilines is 2. The third kappa shape index (κ3) is 9.88. The molecule has 2 saturated heterocycles. The Morgan fingerprint density at radius 1 is 1.11 bits per heavy atom. The third-order valence-electron chi connectivity index (χ3n) is 6.38. The van der Waals surface area contributed by atoms with Crippen molar-refractivity contribution in [3.8, 4) is 0 Å². The van der Waals surface area contributed by atoms with Crippen LogP contribution in [-0.4, -0.2) is 80.9 Å². The van der Waals surface area contributed by atoms with Crippen LogP contribution in [0.1, 0.15) is 65.7 Å². The number of benzene rings is 1. The Kier molecular flexibility index (Phi) is 15.4. The first kappa shape index (κ1) is 30.4. The molecule has 8 nitrogen and oxygen atoms in total. The highest BCUT2D eigenvalue weighted by atomic mass is 16.2. The summed E-state index contributed by atoms with van der Waals surface area (Å²) < 4.78 is 0. The highest BCUT2D eigenvalue weighted by Crippen LogP contribution is 2.27. The average molecular weight is 490 g/mol. The molecule has 8 heteroatoms. The molecule has 0 saturated carbocycles. The number of hydrogen-bond donors (Lipinski definition) is 2. The number of amides is 3. The lowest BCUT2D eigenvalue weighted by molar-refractivity contribution is -0.132. The lowest BCUT2D eigenvalue weighted by Crippen LogP contribution is -2.36. The second kappa shape index (κ2) is 17.8. The fraction of sp³-hybridized carbons (Fsp3) is 0.667. The zero-order chi connectivity index (χ0) is 26.1. The number of rotatable bonds is 11. The van der Waals surface area contributed by atoms with Crippen molar-refractivity contribution in [1.82, 2.24) is 15.1 Å². The molecule has 2 N–H and O–H groups in total. The van der Waals surface area contributed by atoms with Gasteiger partial charge in [-0.05, 0) is 57.8 Å². The summed E-state index contributed by atoms with van der Waals surface area (Å²) in [6.45, 7) is 10.3. The van der Waals surface area contributed by atoms with Crippen LogP contribution in [-0.2, 0) is 14.4 Å². The van der Waals surface area contributed by atoms with Gasteiger partial charge in [-0.1, -0.05) is 32.9 Å². The predicted molar refractivity (Wildman–Crippen MR) is 145 cm³/mol. The minimum atomic E-state index is 0.212. The van der Waals surface area contributed by atoms with E-state index in [0.29, 0.717) is 19.4 Å². The van der Waals surface area contributed by atoms with Gasteiger partial charge in [-0.3, -0.25) is 14.4 Å². The molecule has 0 spiro atoms. The van der Waals surface area contributed by atoms with Gasteiger partial charge in [0.15, 0.2) is 0 Å². The number of likely N-dealkylation sites (tertiary alicyclic amines) is 2. The zero-order valence-corrected chi connectivity index (χ0v) is 22.5. The Bertz CT molecular complexity index is 752. The largest absolute Gasteiger partial charge is 0.386 e. The molecule has 2 aliphatic rings. The molecule has 198 valence electrons. The zero-order valence-electron chi connectivity index (χ0n) is 22.5. The Hall–Kier alpha value is -2.61. The lowest BCUT2D eigenvalue weighted by Gasteiger charge is -2.29. The molecule has 0 radical (unpaired) electrons. The van der Waals surface area contributed by atoms with Crippen LogP contribution in [0.4, 0.5) is 11.4 Å². The van der Waals surface area contributed by atoms with Crippen LogP contribution in [0.3, 0.4) is 0 Å². The second-order valence-corrected chi connectivity index (χ2v) is 8.56. The van der Waals surface area contributed by atoms with Crippen LogP contribution in [0.2, 0.25) is 0 Å². The minimum Gasteiger partial charge on any atom is -0.386 e. The van der Waals surface area contributed by atoms with E-state index in [2.05, 4.69) is 17.6 Å². The van der Waals surface area contributed by atoms with Crippen molar-refractivity contribution < 1.29 is 14.4 Å². The number of carbonyl (C=O) groups is 3. The van der Waals surface area contributed by atoms with Gasteiger partial charge >= 0.3 is 0 Å². The van der Waals surface area contributed by atoms with E-state index in [1.165, 1.54) is 0 Å². The molecule has 1 aromatic rings. The highest BCUT2D eigenvalue weighted by Gasteiger charge is 2.23. The molecule has 2 aliphatic heterocycles. The van der Waals surface area contributed by atoms with Crippen molar-refractivity contribution in [1.29, 1.82) is 0 Å². The van der Waals surface area contributed by atoms with Crippen LogP contribution in [0, 0.1) is 0 Å². The lowest BCUT2D eigenvalue weighted by atomic mass is 10.1. The predicted octanol–water partition coefficient (Wildman–Crippen LogP) is 3.73. The molecule has 1 aromatic carbocycles. The maximum atomic E-state index is 11.7. The smallest absolute Gasteiger partial charge is 0.224 e. The molecule has 35 heavy (non-hydrogen) atoms. The molecule has 2 fully saturated rings.